The number of ether oxygens (including phenoxy) is 3. The summed E-state index contributed by atoms with van der Waals surface area (Å²) in [5.41, 5.74) is 2.12. The highest BCUT2D eigenvalue weighted by Crippen LogP contribution is 2.44. The minimum absolute atomic E-state index is 0.00258. The molecule has 39 heavy (non-hydrogen) atoms. The van der Waals surface area contributed by atoms with Gasteiger partial charge in [0, 0.05) is 12.0 Å². The Balaban J connectivity index is 1.64. The lowest BCUT2D eigenvalue weighted by atomic mass is 9.94. The van der Waals surface area contributed by atoms with Gasteiger partial charge in [-0.05, 0) is 55.3 Å². The van der Waals surface area contributed by atoms with Crippen LogP contribution in [0.3, 0.4) is 0 Å². The molecule has 2 atom stereocenters. The summed E-state index contributed by atoms with van der Waals surface area (Å²) in [6, 6.07) is 11.0. The smallest absolute Gasteiger partial charge is 0.350 e. The number of aliphatic hydroxyl groups excluding tert-OH is 1. The van der Waals surface area contributed by atoms with Gasteiger partial charge in [0.15, 0.2) is 5.13 Å². The Hall–Kier alpha value is -4.44. The second-order valence-corrected chi connectivity index (χ2v) is 10.2. The van der Waals surface area contributed by atoms with Crippen LogP contribution >= 0.6 is 11.3 Å². The van der Waals surface area contributed by atoms with E-state index in [2.05, 4.69) is 11.6 Å². The number of hydrogen-bond donors (Lipinski definition) is 1. The summed E-state index contributed by atoms with van der Waals surface area (Å²) in [6.07, 6.45) is 2.11. The number of benzene rings is 2. The van der Waals surface area contributed by atoms with Gasteiger partial charge >= 0.3 is 11.9 Å². The molecule has 10 heteroatoms. The number of esters is 1. The summed E-state index contributed by atoms with van der Waals surface area (Å²) < 4.78 is 16.2. The molecule has 2 aliphatic rings. The molecule has 2 unspecified atom stereocenters. The topological polar surface area (TPSA) is 115 Å². The Morgan fingerprint density at radius 3 is 2.69 bits per heavy atom. The van der Waals surface area contributed by atoms with Crippen molar-refractivity contribution in [3.05, 3.63) is 88.0 Å². The second-order valence-electron chi connectivity index (χ2n) is 9.20. The fourth-order valence-corrected chi connectivity index (χ4v) is 5.72. The lowest BCUT2D eigenvalue weighted by Gasteiger charge is -2.23. The van der Waals surface area contributed by atoms with Crippen LogP contribution in [-0.2, 0) is 20.7 Å². The zero-order chi connectivity index (χ0) is 27.8. The molecule has 1 fully saturated rings. The summed E-state index contributed by atoms with van der Waals surface area (Å²) in [4.78, 5) is 45.4. The fraction of sp³-hybridized carbons (Fsp3) is 0.241. The van der Waals surface area contributed by atoms with Crippen molar-refractivity contribution < 1.29 is 33.7 Å². The number of rotatable bonds is 7. The third-order valence-electron chi connectivity index (χ3n) is 6.55. The molecule has 0 aliphatic carbocycles. The molecule has 0 saturated carbocycles. The van der Waals surface area contributed by atoms with Gasteiger partial charge in [-0.25, -0.2) is 9.78 Å². The molecular formula is C29H26N2O7S. The van der Waals surface area contributed by atoms with Gasteiger partial charge in [0.05, 0.1) is 24.4 Å². The first-order valence-electron chi connectivity index (χ1n) is 12.2. The molecule has 9 nitrogen and oxygen atoms in total. The largest absolute Gasteiger partial charge is 0.507 e. The Morgan fingerprint density at radius 2 is 2.00 bits per heavy atom. The Bertz CT molecular complexity index is 1520. The molecule has 0 spiro atoms. The number of aliphatic hydroxyl groups is 1. The van der Waals surface area contributed by atoms with Gasteiger partial charge in [0.2, 0.25) is 0 Å². The quantitative estimate of drug-likeness (QED) is 0.148. The highest BCUT2D eigenvalue weighted by atomic mass is 32.1. The van der Waals surface area contributed by atoms with Gasteiger partial charge in [-0.15, -0.1) is 0 Å². The van der Waals surface area contributed by atoms with Gasteiger partial charge in [-0.3, -0.25) is 14.5 Å². The van der Waals surface area contributed by atoms with Crippen LogP contribution in [-0.4, -0.2) is 47.6 Å². The van der Waals surface area contributed by atoms with Crippen LogP contribution < -0.4 is 14.4 Å². The van der Waals surface area contributed by atoms with Crippen molar-refractivity contribution in [3.63, 3.8) is 0 Å². The van der Waals surface area contributed by atoms with Crippen molar-refractivity contribution in [3.8, 4) is 11.5 Å². The standard InChI is InChI=1S/C29H26N2O7S/c1-5-12-37-28(35)26-16(3)30-29(39-26)31-23(17-6-9-20(36-4)10-7-17)22(25(33)27(31)34)24(32)18-8-11-21-19(14-18)13-15(2)38-21/h5-11,14-15,23,32H,1,12-13H2,2-4H3/b24-22-. The number of ketones is 1. The predicted octanol–water partition coefficient (Wildman–Crippen LogP) is 4.75. The molecular weight excluding hydrogens is 520 g/mol. The number of aryl methyl sites for hydroxylation is 1. The molecule has 1 amide bonds. The number of fused-ring (bicyclic) bond motifs is 1. The third-order valence-corrected chi connectivity index (χ3v) is 7.69. The van der Waals surface area contributed by atoms with E-state index in [0.717, 1.165) is 22.6 Å². The van der Waals surface area contributed by atoms with Gasteiger partial charge in [0.25, 0.3) is 5.78 Å². The van der Waals surface area contributed by atoms with Crippen LogP contribution in [0.2, 0.25) is 0 Å². The Kier molecular flexibility index (Phi) is 6.96. The molecule has 1 aromatic heterocycles. The number of carbonyl (C=O) groups is 3. The number of aromatic nitrogens is 1. The van der Waals surface area contributed by atoms with Crippen LogP contribution in [0.15, 0.2) is 60.7 Å². The third kappa shape index (κ3) is 4.67. The van der Waals surface area contributed by atoms with Gasteiger partial charge in [0.1, 0.15) is 34.8 Å². The molecule has 3 heterocycles. The molecule has 2 aromatic carbocycles. The second kappa shape index (κ2) is 10.4. The zero-order valence-electron chi connectivity index (χ0n) is 21.6. The monoisotopic (exact) mass is 546 g/mol. The minimum atomic E-state index is -0.998. The van der Waals surface area contributed by atoms with Crippen molar-refractivity contribution in [2.45, 2.75) is 32.4 Å². The van der Waals surface area contributed by atoms with E-state index in [0.29, 0.717) is 29.0 Å². The molecule has 2 aliphatic heterocycles. The van der Waals surface area contributed by atoms with Gasteiger partial charge in [-0.2, -0.15) is 0 Å². The minimum Gasteiger partial charge on any atom is -0.507 e. The van der Waals surface area contributed by atoms with Gasteiger partial charge in [-0.1, -0.05) is 36.1 Å². The molecule has 5 rings (SSSR count). The average molecular weight is 547 g/mol. The average Bonchev–Trinajstić information content (AvgIpc) is 3.58. The predicted molar refractivity (Wildman–Crippen MR) is 145 cm³/mol. The van der Waals surface area contributed by atoms with E-state index in [-0.39, 0.29) is 34.1 Å². The fourth-order valence-electron chi connectivity index (χ4n) is 4.73. The van der Waals surface area contributed by atoms with E-state index in [4.69, 9.17) is 14.2 Å². The van der Waals surface area contributed by atoms with E-state index in [1.165, 1.54) is 18.1 Å². The van der Waals surface area contributed by atoms with E-state index in [9.17, 15) is 19.5 Å². The number of Topliss-reactive ketones (excluding diaryl/α,β-unsaturated/α-hetero) is 1. The summed E-state index contributed by atoms with van der Waals surface area (Å²) in [5.74, 6) is -1.33. The lowest BCUT2D eigenvalue weighted by molar-refractivity contribution is -0.132. The number of anilines is 1. The molecule has 200 valence electrons. The first kappa shape index (κ1) is 26.2. The summed E-state index contributed by atoms with van der Waals surface area (Å²) in [5, 5.41) is 11.6. The maximum Gasteiger partial charge on any atom is 0.350 e. The van der Waals surface area contributed by atoms with Gasteiger partial charge < -0.3 is 19.3 Å². The van der Waals surface area contributed by atoms with Crippen LogP contribution in [0.4, 0.5) is 5.13 Å². The number of carbonyl (C=O) groups excluding carboxylic acids is 3. The number of amides is 1. The maximum atomic E-state index is 13.5. The summed E-state index contributed by atoms with van der Waals surface area (Å²) in [6.45, 7) is 7.13. The van der Waals surface area contributed by atoms with Crippen molar-refractivity contribution in [1.29, 1.82) is 0 Å². The highest BCUT2D eigenvalue weighted by Gasteiger charge is 2.48. The maximum absolute atomic E-state index is 13.5. The van der Waals surface area contributed by atoms with Crippen molar-refractivity contribution in [1.82, 2.24) is 4.98 Å². The number of nitrogens with zero attached hydrogens (tertiary/aromatic N) is 2. The van der Waals surface area contributed by atoms with Crippen LogP contribution in [0.5, 0.6) is 11.5 Å². The molecule has 3 aromatic rings. The molecule has 0 bridgehead atoms. The summed E-state index contributed by atoms with van der Waals surface area (Å²) in [7, 11) is 1.53. The normalized spacial score (nSPS) is 19.5. The van der Waals surface area contributed by atoms with E-state index in [1.54, 1.807) is 49.4 Å². The van der Waals surface area contributed by atoms with Crippen molar-refractivity contribution >= 4 is 39.9 Å². The first-order valence-corrected chi connectivity index (χ1v) is 13.1. The lowest BCUT2D eigenvalue weighted by Crippen LogP contribution is -2.29. The zero-order valence-corrected chi connectivity index (χ0v) is 22.4. The van der Waals surface area contributed by atoms with Crippen LogP contribution in [0.25, 0.3) is 5.76 Å². The number of methoxy groups -OCH3 is 1. The van der Waals surface area contributed by atoms with Crippen molar-refractivity contribution in [2.75, 3.05) is 18.6 Å². The Morgan fingerprint density at radius 1 is 1.26 bits per heavy atom. The number of thiazole rings is 1. The SMILES string of the molecule is C=CCOC(=O)c1sc(N2C(=O)C(=O)/C(=C(\O)c3ccc4c(c3)CC(C)O4)C2c2ccc(OC)cc2)nc1C. The van der Waals surface area contributed by atoms with E-state index >= 15 is 0 Å². The van der Waals surface area contributed by atoms with Crippen LogP contribution in [0.1, 0.15) is 45.0 Å². The highest BCUT2D eigenvalue weighted by molar-refractivity contribution is 7.17. The Labute approximate surface area is 229 Å². The molecule has 1 saturated heterocycles. The molecule has 1 N–H and O–H groups in total. The first-order chi connectivity index (χ1) is 18.7. The van der Waals surface area contributed by atoms with Crippen LogP contribution in [0, 0.1) is 6.92 Å². The van der Waals surface area contributed by atoms with Crippen molar-refractivity contribution in [2.24, 2.45) is 0 Å². The number of hydrogen-bond acceptors (Lipinski definition) is 9. The summed E-state index contributed by atoms with van der Waals surface area (Å²) >= 11 is 0.941. The molecule has 0 radical (unpaired) electrons. The van der Waals surface area contributed by atoms with E-state index < -0.39 is 23.7 Å². The van der Waals surface area contributed by atoms with E-state index in [1.807, 2.05) is 6.92 Å².